The lowest BCUT2D eigenvalue weighted by molar-refractivity contribution is 0.411. The van der Waals surface area contributed by atoms with Gasteiger partial charge in [0, 0.05) is 12.4 Å². The zero-order chi connectivity index (χ0) is 58.9. The highest BCUT2D eigenvalue weighted by molar-refractivity contribution is 5.45. The first kappa shape index (κ1) is 68.3. The number of ether oxygens (including phenoxy) is 1. The third kappa shape index (κ3) is 21.3. The van der Waals surface area contributed by atoms with E-state index in [1.54, 1.807) is 19.2 Å². The first-order valence-electron chi connectivity index (χ1n) is 27.5. The van der Waals surface area contributed by atoms with Gasteiger partial charge in [0.05, 0.1) is 18.7 Å². The standard InChI is InChI=1S/C15H21N.C15H24O.C14H21F.C14H22.C13H21N/c1-14(2,3)12-8-7-11(10-16)9-13(12)15(4,5)6;1-14(2,3)12-9-8-11(16-7)10-13(12)15(4,5)6;1-13(2,3)10-8-7-9-11(15)12(10)14(4,5)6;1-13(2,3)11-9-7-8-10-12(11)14(4,5)6;1-12(2,3)10-7-8-14-9-11(10)13(4,5)6/h7-9H,1-6H3;8-10H,1-7H3;7-9H,1-6H3;7-10H,1-6H3;7-9H,1-6H3. The SMILES string of the molecule is CC(C)(C)c1ccc(C#N)cc1C(C)(C)C.CC(C)(C)c1cccc(F)c1C(C)(C)C.CC(C)(C)c1ccccc1C(C)(C)C.CC(C)(C)c1ccncc1C(C)(C)C.COc1ccc(C(C)(C)C)c(C(C)(C)C)c1. The van der Waals surface area contributed by atoms with E-state index in [-0.39, 0.29) is 60.0 Å². The monoisotopic (exact) mass is 1020 g/mol. The summed E-state index contributed by atoms with van der Waals surface area (Å²) in [4.78, 5) is 4.23. The quantitative estimate of drug-likeness (QED) is 0.168. The maximum absolute atomic E-state index is 13.9. The Morgan fingerprint density at radius 3 is 1.01 bits per heavy atom. The minimum Gasteiger partial charge on any atom is -0.497 e. The van der Waals surface area contributed by atoms with E-state index in [0.717, 1.165) is 22.4 Å². The fourth-order valence-corrected chi connectivity index (χ4v) is 9.16. The molecule has 0 amide bonds. The molecule has 0 radical (unpaired) electrons. The Kier molecular flexibility index (Phi) is 22.9. The van der Waals surface area contributed by atoms with E-state index in [0.29, 0.717) is 0 Å². The molecule has 1 aromatic heterocycles. The number of nitriles is 1. The van der Waals surface area contributed by atoms with Gasteiger partial charge in [-0.3, -0.25) is 4.98 Å². The minimum atomic E-state index is -0.145. The van der Waals surface area contributed by atoms with Crippen molar-refractivity contribution in [1.82, 2.24) is 4.98 Å². The molecule has 0 aliphatic carbocycles. The molecule has 4 heteroatoms. The van der Waals surface area contributed by atoms with Crippen LogP contribution < -0.4 is 4.74 Å². The zero-order valence-electron chi connectivity index (χ0n) is 53.9. The molecule has 0 saturated heterocycles. The van der Waals surface area contributed by atoms with Crippen molar-refractivity contribution in [3.63, 3.8) is 0 Å². The van der Waals surface area contributed by atoms with Crippen molar-refractivity contribution in [2.75, 3.05) is 7.11 Å². The van der Waals surface area contributed by atoms with E-state index in [4.69, 9.17) is 10.00 Å². The van der Waals surface area contributed by atoms with Gasteiger partial charge in [0.1, 0.15) is 11.6 Å². The van der Waals surface area contributed by atoms with Gasteiger partial charge in [-0.25, -0.2) is 4.39 Å². The molecule has 0 spiro atoms. The highest BCUT2D eigenvalue weighted by Gasteiger charge is 2.30. The molecule has 0 N–H and O–H groups in total. The molecule has 0 unspecified atom stereocenters. The average Bonchev–Trinajstić information content (AvgIpc) is 3.23. The normalized spacial score (nSPS) is 12.8. The summed E-state index contributed by atoms with van der Waals surface area (Å²) < 4.78 is 19.2. The first-order valence-corrected chi connectivity index (χ1v) is 27.5. The van der Waals surface area contributed by atoms with Crippen LogP contribution in [0.25, 0.3) is 0 Å². The predicted octanol–water partition coefficient (Wildman–Crippen LogP) is 20.8. The topological polar surface area (TPSA) is 45.9 Å². The van der Waals surface area contributed by atoms with Crippen molar-refractivity contribution < 1.29 is 9.13 Å². The Balaban J connectivity index is 0.000000469. The Hall–Kier alpha value is -4.75. The van der Waals surface area contributed by atoms with Crippen molar-refractivity contribution >= 4 is 0 Å². The summed E-state index contributed by atoms with van der Waals surface area (Å²) in [6.07, 6.45) is 3.89. The lowest BCUT2D eigenvalue weighted by Crippen LogP contribution is -2.23. The van der Waals surface area contributed by atoms with E-state index in [1.807, 2.05) is 30.6 Å². The van der Waals surface area contributed by atoms with Gasteiger partial charge < -0.3 is 4.74 Å². The second-order valence-corrected chi connectivity index (χ2v) is 30.9. The van der Waals surface area contributed by atoms with Crippen molar-refractivity contribution in [3.8, 4) is 11.8 Å². The largest absolute Gasteiger partial charge is 0.497 e. The van der Waals surface area contributed by atoms with Crippen LogP contribution >= 0.6 is 0 Å². The number of pyridine rings is 1. The van der Waals surface area contributed by atoms with Crippen molar-refractivity contribution in [1.29, 1.82) is 5.26 Å². The molecule has 0 bridgehead atoms. The second kappa shape index (κ2) is 25.2. The Bertz CT molecular complexity index is 2490. The molecule has 3 nitrogen and oxygen atoms in total. The van der Waals surface area contributed by atoms with Crippen LogP contribution in [0.3, 0.4) is 0 Å². The lowest BCUT2D eigenvalue weighted by Gasteiger charge is -2.30. The van der Waals surface area contributed by atoms with Crippen LogP contribution in [-0.4, -0.2) is 12.1 Å². The lowest BCUT2D eigenvalue weighted by atomic mass is 9.75. The highest BCUT2D eigenvalue weighted by atomic mass is 19.1. The molecular weight excluding hydrogens is 916 g/mol. The molecule has 4 aromatic carbocycles. The van der Waals surface area contributed by atoms with E-state index in [1.165, 1.54) is 44.5 Å². The Morgan fingerprint density at radius 1 is 0.360 bits per heavy atom. The summed E-state index contributed by atoms with van der Waals surface area (Å²) in [6.45, 7) is 66.4. The summed E-state index contributed by atoms with van der Waals surface area (Å²) in [5.74, 6) is 0.854. The molecule has 5 rings (SSSR count). The number of hydrogen-bond donors (Lipinski definition) is 0. The number of aromatic nitrogens is 1. The average molecular weight is 1030 g/mol. The molecule has 0 fully saturated rings. The van der Waals surface area contributed by atoms with Crippen LogP contribution in [0.15, 0.2) is 97.3 Å². The number of benzene rings is 4. The predicted molar refractivity (Wildman–Crippen MR) is 328 cm³/mol. The van der Waals surface area contributed by atoms with Gasteiger partial charge >= 0.3 is 0 Å². The highest BCUT2D eigenvalue weighted by Crippen LogP contribution is 2.39. The molecule has 0 aliphatic heterocycles. The maximum Gasteiger partial charge on any atom is 0.127 e. The summed E-state index contributed by atoms with van der Waals surface area (Å²) in [6, 6.07) is 31.0. The summed E-state index contributed by atoms with van der Waals surface area (Å²) in [5, 5.41) is 8.97. The van der Waals surface area contributed by atoms with Crippen molar-refractivity contribution in [3.05, 3.63) is 164 Å². The smallest absolute Gasteiger partial charge is 0.127 e. The summed E-state index contributed by atoms with van der Waals surface area (Å²) in [7, 11) is 1.72. The van der Waals surface area contributed by atoms with Crippen LogP contribution in [0.4, 0.5) is 4.39 Å². The van der Waals surface area contributed by atoms with Gasteiger partial charge in [-0.1, -0.05) is 256 Å². The molecule has 75 heavy (non-hydrogen) atoms. The van der Waals surface area contributed by atoms with E-state index >= 15 is 0 Å². The summed E-state index contributed by atoms with van der Waals surface area (Å²) >= 11 is 0. The van der Waals surface area contributed by atoms with Gasteiger partial charge in [0.25, 0.3) is 0 Å². The van der Waals surface area contributed by atoms with E-state index < -0.39 is 0 Å². The maximum atomic E-state index is 13.9. The van der Waals surface area contributed by atoms with Crippen molar-refractivity contribution in [2.24, 2.45) is 0 Å². The fourth-order valence-electron chi connectivity index (χ4n) is 9.16. The van der Waals surface area contributed by atoms with Gasteiger partial charge in [0.15, 0.2) is 0 Å². The number of methoxy groups -OCH3 is 1. The zero-order valence-corrected chi connectivity index (χ0v) is 53.9. The van der Waals surface area contributed by atoms with Crippen LogP contribution in [0.2, 0.25) is 0 Å². The number of hydrogen-bond acceptors (Lipinski definition) is 3. The third-order valence-corrected chi connectivity index (χ3v) is 13.2. The van der Waals surface area contributed by atoms with E-state index in [2.05, 4.69) is 273 Å². The van der Waals surface area contributed by atoms with Gasteiger partial charge in [-0.15, -0.1) is 0 Å². The molecular formula is C71H109FN2O. The van der Waals surface area contributed by atoms with Gasteiger partial charge in [-0.2, -0.15) is 5.26 Å². The van der Waals surface area contributed by atoms with Gasteiger partial charge in [0.2, 0.25) is 0 Å². The molecule has 1 heterocycles. The molecule has 0 aliphatic rings. The summed E-state index contributed by atoms with van der Waals surface area (Å²) in [5.41, 5.74) is 15.0. The number of halogens is 1. The molecule has 416 valence electrons. The van der Waals surface area contributed by atoms with Crippen LogP contribution in [0, 0.1) is 17.1 Å². The fraction of sp³-hybridized carbons (Fsp3) is 0.577. The Labute approximate surface area is 462 Å². The first-order chi connectivity index (χ1) is 33.4. The Morgan fingerprint density at radius 2 is 0.693 bits per heavy atom. The van der Waals surface area contributed by atoms with Crippen molar-refractivity contribution in [2.45, 2.75) is 262 Å². The number of rotatable bonds is 1. The van der Waals surface area contributed by atoms with E-state index in [9.17, 15) is 4.39 Å². The van der Waals surface area contributed by atoms with Crippen LogP contribution in [0.1, 0.15) is 269 Å². The van der Waals surface area contributed by atoms with Gasteiger partial charge in [-0.05, 0) is 146 Å². The molecule has 0 saturated carbocycles. The van der Waals surface area contributed by atoms with Crippen LogP contribution in [-0.2, 0) is 54.1 Å². The third-order valence-electron chi connectivity index (χ3n) is 13.2. The van der Waals surface area contributed by atoms with Crippen LogP contribution in [0.5, 0.6) is 5.75 Å². The number of nitrogens with zero attached hydrogens (tertiary/aromatic N) is 2. The second-order valence-electron chi connectivity index (χ2n) is 30.9. The minimum absolute atomic E-state index is 0.00921. The molecule has 5 aromatic rings. The molecule has 0 atom stereocenters.